The first-order valence-electron chi connectivity index (χ1n) is 5.69. The second kappa shape index (κ2) is 5.89. The van der Waals surface area contributed by atoms with Crippen molar-refractivity contribution < 1.29 is 19.0 Å². The standard InChI is InChI=1S/C11H18O4S/c1-13-10(12)5-9-6-14-11(15-9)4-8-2-3-16-7-8/h8-9,11H,2-7H2,1H3. The maximum absolute atomic E-state index is 11.1. The predicted octanol–water partition coefficient (Wildman–Crippen LogP) is 1.43. The van der Waals surface area contributed by atoms with E-state index in [4.69, 9.17) is 9.47 Å². The van der Waals surface area contributed by atoms with Crippen molar-refractivity contribution >= 4 is 17.7 Å². The Labute approximate surface area is 100 Å². The van der Waals surface area contributed by atoms with Crippen LogP contribution in [0.15, 0.2) is 0 Å². The lowest BCUT2D eigenvalue weighted by Gasteiger charge is -2.14. The zero-order valence-corrected chi connectivity index (χ0v) is 10.3. The van der Waals surface area contributed by atoms with Gasteiger partial charge in [-0.05, 0) is 23.8 Å². The van der Waals surface area contributed by atoms with Crippen molar-refractivity contribution in [1.82, 2.24) is 0 Å². The maximum atomic E-state index is 11.1. The van der Waals surface area contributed by atoms with E-state index in [1.54, 1.807) is 0 Å². The van der Waals surface area contributed by atoms with E-state index in [9.17, 15) is 4.79 Å². The minimum atomic E-state index is -0.231. The largest absolute Gasteiger partial charge is 0.469 e. The molecule has 0 bridgehead atoms. The molecule has 0 aromatic rings. The summed E-state index contributed by atoms with van der Waals surface area (Å²) >= 11 is 2.00. The number of rotatable bonds is 4. The molecule has 3 unspecified atom stereocenters. The van der Waals surface area contributed by atoms with Gasteiger partial charge in [-0.2, -0.15) is 11.8 Å². The Morgan fingerprint density at radius 1 is 1.56 bits per heavy atom. The van der Waals surface area contributed by atoms with E-state index in [1.165, 1.54) is 25.0 Å². The number of hydrogen-bond donors (Lipinski definition) is 0. The van der Waals surface area contributed by atoms with E-state index >= 15 is 0 Å². The Morgan fingerprint density at radius 3 is 3.12 bits per heavy atom. The van der Waals surface area contributed by atoms with Crippen LogP contribution in [-0.2, 0) is 19.0 Å². The van der Waals surface area contributed by atoms with Crippen molar-refractivity contribution in [2.45, 2.75) is 31.7 Å². The molecule has 2 saturated heterocycles. The van der Waals surface area contributed by atoms with Crippen molar-refractivity contribution in [3.8, 4) is 0 Å². The Hall–Kier alpha value is -0.260. The van der Waals surface area contributed by atoms with Crippen molar-refractivity contribution in [2.75, 3.05) is 25.2 Å². The highest BCUT2D eigenvalue weighted by molar-refractivity contribution is 7.99. The van der Waals surface area contributed by atoms with Crippen molar-refractivity contribution in [2.24, 2.45) is 5.92 Å². The fourth-order valence-electron chi connectivity index (χ4n) is 2.05. The number of methoxy groups -OCH3 is 1. The maximum Gasteiger partial charge on any atom is 0.308 e. The summed E-state index contributed by atoms with van der Waals surface area (Å²) < 4.78 is 15.8. The summed E-state index contributed by atoms with van der Waals surface area (Å²) in [4.78, 5) is 11.1. The molecule has 0 aliphatic carbocycles. The fourth-order valence-corrected chi connectivity index (χ4v) is 3.35. The van der Waals surface area contributed by atoms with E-state index < -0.39 is 0 Å². The predicted molar refractivity (Wildman–Crippen MR) is 61.3 cm³/mol. The molecule has 2 heterocycles. The molecule has 16 heavy (non-hydrogen) atoms. The molecule has 2 aliphatic rings. The van der Waals surface area contributed by atoms with E-state index in [1.807, 2.05) is 11.8 Å². The van der Waals surface area contributed by atoms with Crippen LogP contribution in [0.2, 0.25) is 0 Å². The molecule has 0 saturated carbocycles. The van der Waals surface area contributed by atoms with Crippen LogP contribution in [0.3, 0.4) is 0 Å². The Kier molecular flexibility index (Phi) is 4.49. The highest BCUT2D eigenvalue weighted by atomic mass is 32.2. The molecule has 0 N–H and O–H groups in total. The monoisotopic (exact) mass is 246 g/mol. The Bertz CT molecular complexity index is 240. The van der Waals surface area contributed by atoms with Crippen LogP contribution in [0.1, 0.15) is 19.3 Å². The molecule has 5 heteroatoms. The van der Waals surface area contributed by atoms with Gasteiger partial charge < -0.3 is 14.2 Å². The summed E-state index contributed by atoms with van der Waals surface area (Å²) in [5.74, 6) is 2.95. The summed E-state index contributed by atoms with van der Waals surface area (Å²) in [7, 11) is 1.39. The number of carbonyl (C=O) groups is 1. The van der Waals surface area contributed by atoms with Crippen molar-refractivity contribution in [3.05, 3.63) is 0 Å². The Morgan fingerprint density at radius 2 is 2.44 bits per heavy atom. The summed E-state index contributed by atoms with van der Waals surface area (Å²) in [5, 5.41) is 0. The fraction of sp³-hybridized carbons (Fsp3) is 0.909. The smallest absolute Gasteiger partial charge is 0.308 e. The first-order chi connectivity index (χ1) is 7.78. The number of carbonyl (C=O) groups excluding carboxylic acids is 1. The summed E-state index contributed by atoms with van der Waals surface area (Å²) in [5.41, 5.74) is 0. The molecule has 3 atom stereocenters. The molecule has 0 radical (unpaired) electrons. The number of ether oxygens (including phenoxy) is 3. The van der Waals surface area contributed by atoms with E-state index in [-0.39, 0.29) is 18.4 Å². The third kappa shape index (κ3) is 3.37. The van der Waals surface area contributed by atoms with E-state index in [0.29, 0.717) is 18.9 Å². The van der Waals surface area contributed by atoms with Crippen LogP contribution in [0.5, 0.6) is 0 Å². The second-order valence-corrected chi connectivity index (χ2v) is 5.42. The van der Waals surface area contributed by atoms with Crippen LogP contribution in [0, 0.1) is 5.92 Å². The number of hydrogen-bond acceptors (Lipinski definition) is 5. The van der Waals surface area contributed by atoms with Gasteiger partial charge in [-0.3, -0.25) is 4.79 Å². The first-order valence-corrected chi connectivity index (χ1v) is 6.85. The first kappa shape index (κ1) is 12.2. The minimum absolute atomic E-state index is 0.113. The third-order valence-electron chi connectivity index (χ3n) is 2.98. The van der Waals surface area contributed by atoms with Crippen LogP contribution in [-0.4, -0.2) is 43.6 Å². The average molecular weight is 246 g/mol. The highest BCUT2D eigenvalue weighted by Gasteiger charge is 2.30. The molecule has 0 aromatic heterocycles. The van der Waals surface area contributed by atoms with Gasteiger partial charge in [-0.15, -0.1) is 0 Å². The molecule has 4 nitrogen and oxygen atoms in total. The molecule has 92 valence electrons. The van der Waals surface area contributed by atoms with Gasteiger partial charge in [-0.1, -0.05) is 0 Å². The Balaban J connectivity index is 1.68. The van der Waals surface area contributed by atoms with Gasteiger partial charge in [0.2, 0.25) is 0 Å². The normalized spacial score (nSPS) is 34.2. The van der Waals surface area contributed by atoms with Crippen LogP contribution in [0.4, 0.5) is 0 Å². The van der Waals surface area contributed by atoms with Gasteiger partial charge in [0.15, 0.2) is 6.29 Å². The summed E-state index contributed by atoms with van der Waals surface area (Å²) in [6.45, 7) is 0.514. The summed E-state index contributed by atoms with van der Waals surface area (Å²) in [6.07, 6.45) is 2.29. The number of thioether (sulfide) groups is 1. The summed E-state index contributed by atoms with van der Waals surface area (Å²) in [6, 6.07) is 0. The molecule has 2 fully saturated rings. The topological polar surface area (TPSA) is 44.8 Å². The van der Waals surface area contributed by atoms with E-state index in [2.05, 4.69) is 4.74 Å². The molecule has 2 aliphatic heterocycles. The third-order valence-corrected chi connectivity index (χ3v) is 4.22. The lowest BCUT2D eigenvalue weighted by molar-refractivity contribution is -0.144. The van der Waals surface area contributed by atoms with Gasteiger partial charge in [0.1, 0.15) is 0 Å². The minimum Gasteiger partial charge on any atom is -0.469 e. The highest BCUT2D eigenvalue weighted by Crippen LogP contribution is 2.30. The number of esters is 1. The molecule has 2 rings (SSSR count). The van der Waals surface area contributed by atoms with Crippen LogP contribution >= 0.6 is 11.8 Å². The quantitative estimate of drug-likeness (QED) is 0.702. The molecular formula is C11H18O4S. The lowest BCUT2D eigenvalue weighted by atomic mass is 10.1. The van der Waals surface area contributed by atoms with Gasteiger partial charge >= 0.3 is 5.97 Å². The van der Waals surface area contributed by atoms with E-state index in [0.717, 1.165) is 6.42 Å². The lowest BCUT2D eigenvalue weighted by Crippen LogP contribution is -2.19. The molecule has 0 aromatic carbocycles. The van der Waals surface area contributed by atoms with Gasteiger partial charge in [0.25, 0.3) is 0 Å². The zero-order chi connectivity index (χ0) is 11.4. The van der Waals surface area contributed by atoms with Crippen molar-refractivity contribution in [1.29, 1.82) is 0 Å². The average Bonchev–Trinajstić information content (AvgIpc) is 2.91. The SMILES string of the molecule is COC(=O)CC1COC(CC2CCSC2)O1. The molecule has 0 spiro atoms. The van der Waals surface area contributed by atoms with Crippen molar-refractivity contribution in [3.63, 3.8) is 0 Å². The van der Waals surface area contributed by atoms with Crippen LogP contribution in [0.25, 0.3) is 0 Å². The van der Waals surface area contributed by atoms with Gasteiger partial charge in [-0.25, -0.2) is 0 Å². The zero-order valence-electron chi connectivity index (χ0n) is 9.52. The molecular weight excluding hydrogens is 228 g/mol. The second-order valence-electron chi connectivity index (χ2n) is 4.27. The molecule has 0 amide bonds. The van der Waals surface area contributed by atoms with Gasteiger partial charge in [0.05, 0.1) is 26.2 Å². The van der Waals surface area contributed by atoms with Crippen LogP contribution < -0.4 is 0 Å². The van der Waals surface area contributed by atoms with Gasteiger partial charge in [0, 0.05) is 6.42 Å².